The Hall–Kier alpha value is -4.68. The Bertz CT molecular complexity index is 2010. The molecule has 0 heteroatoms. The molecule has 2 atom stereocenters. The molecule has 0 bridgehead atoms. The van der Waals surface area contributed by atoms with Gasteiger partial charge in [-0.3, -0.25) is 0 Å². The lowest BCUT2D eigenvalue weighted by Gasteiger charge is -2.42. The van der Waals surface area contributed by atoms with Crippen molar-refractivity contribution in [2.75, 3.05) is 0 Å². The van der Waals surface area contributed by atoms with Crippen LogP contribution in [0.3, 0.4) is 0 Å². The molecule has 6 aromatic rings. The highest BCUT2D eigenvalue weighted by molar-refractivity contribution is 5.94. The molecule has 0 nitrogen and oxygen atoms in total. The normalized spacial score (nSPS) is 18.3. The smallest absolute Gasteiger partial charge is 0.0470 e. The maximum Gasteiger partial charge on any atom is 0.0470 e. The van der Waals surface area contributed by atoms with Crippen molar-refractivity contribution in [2.24, 2.45) is 0 Å². The van der Waals surface area contributed by atoms with Crippen LogP contribution in [0.2, 0.25) is 0 Å². The maximum atomic E-state index is 2.47. The van der Waals surface area contributed by atoms with Crippen molar-refractivity contribution in [2.45, 2.75) is 37.5 Å². The molecule has 3 aliphatic carbocycles. The van der Waals surface area contributed by atoms with Gasteiger partial charge in [-0.15, -0.1) is 0 Å². The minimum Gasteiger partial charge on any atom is -0.0654 e. The molecule has 42 heavy (non-hydrogen) atoms. The van der Waals surface area contributed by atoms with Crippen molar-refractivity contribution >= 4 is 0 Å². The van der Waals surface area contributed by atoms with Gasteiger partial charge in [-0.05, 0) is 96.4 Å². The zero-order valence-electron chi connectivity index (χ0n) is 23.9. The third kappa shape index (κ3) is 3.07. The first-order valence-electron chi connectivity index (χ1n) is 15.5. The second kappa shape index (κ2) is 8.91. The molecule has 0 spiro atoms. The topological polar surface area (TPSA) is 0 Å². The SMILES string of the molecule is CCCC[C@@]12c3ccc(-c4ccccc4)cc3-c3cccc(c31)[C@@H]1c3ccc(-c4ccccc4)cc3-c3cccc2c31. The second-order valence-corrected chi connectivity index (χ2v) is 12.3. The molecule has 6 aromatic carbocycles. The first-order chi connectivity index (χ1) is 20.8. The molecule has 0 amide bonds. The molecule has 200 valence electrons. The van der Waals surface area contributed by atoms with Crippen molar-refractivity contribution in [1.29, 1.82) is 0 Å². The molecule has 0 saturated carbocycles. The van der Waals surface area contributed by atoms with Crippen LogP contribution >= 0.6 is 0 Å². The largest absolute Gasteiger partial charge is 0.0654 e. The highest BCUT2D eigenvalue weighted by Crippen LogP contribution is 2.66. The molecule has 0 unspecified atom stereocenters. The summed E-state index contributed by atoms with van der Waals surface area (Å²) in [5.74, 6) is 0.281. The van der Waals surface area contributed by atoms with E-state index in [1.807, 2.05) is 0 Å². The maximum absolute atomic E-state index is 2.47. The Labute approximate surface area is 248 Å². The number of unbranched alkanes of at least 4 members (excludes halogenated alkanes) is 1. The van der Waals surface area contributed by atoms with Gasteiger partial charge in [0.1, 0.15) is 0 Å². The van der Waals surface area contributed by atoms with Gasteiger partial charge in [0.15, 0.2) is 0 Å². The van der Waals surface area contributed by atoms with Gasteiger partial charge in [-0.25, -0.2) is 0 Å². The fourth-order valence-electron chi connectivity index (χ4n) is 8.52. The van der Waals surface area contributed by atoms with E-state index >= 15 is 0 Å². The van der Waals surface area contributed by atoms with Crippen LogP contribution in [0.1, 0.15) is 65.5 Å². The van der Waals surface area contributed by atoms with Crippen LogP contribution in [-0.2, 0) is 5.41 Å². The van der Waals surface area contributed by atoms with E-state index in [9.17, 15) is 0 Å². The van der Waals surface area contributed by atoms with Gasteiger partial charge < -0.3 is 0 Å². The lowest BCUT2D eigenvalue weighted by molar-refractivity contribution is 0.519. The van der Waals surface area contributed by atoms with E-state index in [1.165, 1.54) is 79.6 Å². The summed E-state index contributed by atoms with van der Waals surface area (Å²) in [6.07, 6.45) is 3.53. The molecule has 0 N–H and O–H groups in total. The van der Waals surface area contributed by atoms with Crippen molar-refractivity contribution in [3.63, 3.8) is 0 Å². The Kier molecular flexibility index (Phi) is 5.08. The van der Waals surface area contributed by atoms with Crippen molar-refractivity contribution < 1.29 is 0 Å². The fourth-order valence-corrected chi connectivity index (χ4v) is 8.52. The minimum atomic E-state index is -0.112. The van der Waals surface area contributed by atoms with Crippen LogP contribution in [0.15, 0.2) is 133 Å². The lowest BCUT2D eigenvalue weighted by atomic mass is 9.60. The molecule has 9 rings (SSSR count). The van der Waals surface area contributed by atoms with Crippen LogP contribution in [0.25, 0.3) is 44.5 Å². The Morgan fingerprint density at radius 3 is 1.90 bits per heavy atom. The molecule has 0 heterocycles. The molecular weight excluding hydrogens is 504 g/mol. The third-order valence-electron chi connectivity index (χ3n) is 10.2. The molecule has 0 aromatic heterocycles. The predicted octanol–water partition coefficient (Wildman–Crippen LogP) is 11.0. The number of rotatable bonds is 5. The number of fused-ring (bicyclic) bond motifs is 8. The van der Waals surface area contributed by atoms with Crippen LogP contribution in [0, 0.1) is 0 Å². The quantitative estimate of drug-likeness (QED) is 0.205. The van der Waals surface area contributed by atoms with E-state index in [0.29, 0.717) is 0 Å². The average molecular weight is 537 g/mol. The lowest BCUT2D eigenvalue weighted by Crippen LogP contribution is -2.34. The van der Waals surface area contributed by atoms with Gasteiger partial charge in [-0.2, -0.15) is 0 Å². The zero-order chi connectivity index (χ0) is 27.8. The standard InChI is InChI=1S/C42H32/c1-2-3-24-42-37-23-21-30(28-14-8-5-9-15-28)26-36(37)33-17-10-18-34(41(33)42)39-32-22-20-29(27-12-6-4-7-13-27)25-35(32)31-16-11-19-38(42)40(31)39/h4-23,25-26,39H,2-3,24H2,1H3/t39-,42-/m0/s1. The van der Waals surface area contributed by atoms with Gasteiger partial charge in [-0.1, -0.05) is 141 Å². The Morgan fingerprint density at radius 1 is 0.500 bits per heavy atom. The summed E-state index contributed by atoms with van der Waals surface area (Å²) in [5.41, 5.74) is 19.8. The summed E-state index contributed by atoms with van der Waals surface area (Å²) in [6, 6.07) is 50.5. The van der Waals surface area contributed by atoms with E-state index in [2.05, 4.69) is 140 Å². The van der Waals surface area contributed by atoms with E-state index in [4.69, 9.17) is 0 Å². The first kappa shape index (κ1) is 24.0. The zero-order valence-corrected chi connectivity index (χ0v) is 23.9. The average Bonchev–Trinajstić information content (AvgIpc) is 3.55. The second-order valence-electron chi connectivity index (χ2n) is 12.3. The van der Waals surface area contributed by atoms with Crippen molar-refractivity contribution in [3.05, 3.63) is 167 Å². The van der Waals surface area contributed by atoms with Crippen LogP contribution in [-0.4, -0.2) is 0 Å². The molecule has 0 fully saturated rings. The monoisotopic (exact) mass is 536 g/mol. The summed E-state index contributed by atoms with van der Waals surface area (Å²) >= 11 is 0. The van der Waals surface area contributed by atoms with Crippen LogP contribution < -0.4 is 0 Å². The van der Waals surface area contributed by atoms with Crippen LogP contribution in [0.4, 0.5) is 0 Å². The fraction of sp³-hybridized carbons (Fsp3) is 0.143. The first-order valence-corrected chi connectivity index (χ1v) is 15.5. The number of benzene rings is 6. The van der Waals surface area contributed by atoms with E-state index in [-0.39, 0.29) is 11.3 Å². The summed E-state index contributed by atoms with van der Waals surface area (Å²) in [5, 5.41) is 0. The van der Waals surface area contributed by atoms with Gasteiger partial charge >= 0.3 is 0 Å². The van der Waals surface area contributed by atoms with E-state index in [1.54, 1.807) is 11.1 Å². The highest BCUT2D eigenvalue weighted by atomic mass is 14.5. The molecule has 0 saturated heterocycles. The van der Waals surface area contributed by atoms with E-state index < -0.39 is 0 Å². The molecule has 0 radical (unpaired) electrons. The van der Waals surface area contributed by atoms with Gasteiger partial charge in [0.2, 0.25) is 0 Å². The van der Waals surface area contributed by atoms with Crippen molar-refractivity contribution in [1.82, 2.24) is 0 Å². The highest BCUT2D eigenvalue weighted by Gasteiger charge is 2.53. The van der Waals surface area contributed by atoms with Crippen molar-refractivity contribution in [3.8, 4) is 44.5 Å². The summed E-state index contributed by atoms with van der Waals surface area (Å²) in [6.45, 7) is 2.33. The minimum absolute atomic E-state index is 0.112. The third-order valence-corrected chi connectivity index (χ3v) is 10.2. The molecular formula is C42H32. The van der Waals surface area contributed by atoms with E-state index in [0.717, 1.165) is 6.42 Å². The Balaban J connectivity index is 1.33. The summed E-state index contributed by atoms with van der Waals surface area (Å²) < 4.78 is 0. The molecule has 0 aliphatic heterocycles. The predicted molar refractivity (Wildman–Crippen MR) is 175 cm³/mol. The van der Waals surface area contributed by atoms with Gasteiger partial charge in [0, 0.05) is 11.3 Å². The number of hydrogen-bond donors (Lipinski definition) is 0. The number of hydrogen-bond acceptors (Lipinski definition) is 0. The van der Waals surface area contributed by atoms with Gasteiger partial charge in [0.25, 0.3) is 0 Å². The van der Waals surface area contributed by atoms with Crippen LogP contribution in [0.5, 0.6) is 0 Å². The summed E-state index contributed by atoms with van der Waals surface area (Å²) in [7, 11) is 0. The van der Waals surface area contributed by atoms with Gasteiger partial charge in [0.05, 0.1) is 0 Å². The molecule has 3 aliphatic rings. The summed E-state index contributed by atoms with van der Waals surface area (Å²) in [4.78, 5) is 0. The Morgan fingerprint density at radius 2 is 1.17 bits per heavy atom.